The van der Waals surface area contributed by atoms with Gasteiger partial charge in [-0.1, -0.05) is 96.5 Å². The molecular formula is C51H60ClN13O6S2. The number of benzene rings is 2. The van der Waals surface area contributed by atoms with Crippen molar-refractivity contribution in [3.63, 3.8) is 0 Å². The van der Waals surface area contributed by atoms with Crippen LogP contribution in [0.5, 0.6) is 11.8 Å². The summed E-state index contributed by atoms with van der Waals surface area (Å²) in [6, 6.07) is 23.0. The number of thiazole rings is 2. The van der Waals surface area contributed by atoms with Gasteiger partial charge in [-0.05, 0) is 82.2 Å². The van der Waals surface area contributed by atoms with Crippen molar-refractivity contribution in [1.29, 1.82) is 0 Å². The maximum absolute atomic E-state index is 12.7. The topological polar surface area (TPSA) is 222 Å². The maximum Gasteiger partial charge on any atom is 0.246 e. The first kappa shape index (κ1) is 55.1. The molecule has 0 saturated carbocycles. The van der Waals surface area contributed by atoms with Crippen LogP contribution < -0.4 is 30.7 Å². The molecule has 6 aromatic rings. The number of carbonyl (C=O) groups excluding carboxylic acids is 4. The lowest BCUT2D eigenvalue weighted by Crippen LogP contribution is -2.59. The maximum atomic E-state index is 12.7. The van der Waals surface area contributed by atoms with Crippen LogP contribution in [-0.4, -0.2) is 147 Å². The van der Waals surface area contributed by atoms with Gasteiger partial charge < -0.3 is 45.4 Å². The average molecular weight is 1050 g/mol. The number of ether oxygens (including phenoxy) is 2. The summed E-state index contributed by atoms with van der Waals surface area (Å²) in [5, 5.41) is 13.2. The number of hydrogen-bond donors (Lipinski definition) is 4. The summed E-state index contributed by atoms with van der Waals surface area (Å²) in [7, 11) is 3.98. The first-order chi connectivity index (χ1) is 35.3. The van der Waals surface area contributed by atoms with E-state index in [1.807, 2.05) is 79.8 Å². The number of aromatic nitrogens is 6. The lowest BCUT2D eigenvalue weighted by molar-refractivity contribution is -0.140. The quantitative estimate of drug-likeness (QED) is 0.0390. The lowest BCUT2D eigenvalue weighted by Gasteiger charge is -2.38. The van der Waals surface area contributed by atoms with Crippen molar-refractivity contribution >= 4 is 79.1 Å². The Balaban J connectivity index is 0.000000219. The van der Waals surface area contributed by atoms with Gasteiger partial charge in [-0.15, -0.1) is 0 Å². The second-order valence-electron chi connectivity index (χ2n) is 16.7. The van der Waals surface area contributed by atoms with Crippen molar-refractivity contribution < 1.29 is 28.7 Å². The van der Waals surface area contributed by atoms with Crippen molar-refractivity contribution in [3.05, 3.63) is 122 Å². The molecule has 2 atom stereocenters. The molecule has 2 aliphatic heterocycles. The van der Waals surface area contributed by atoms with Crippen LogP contribution in [0.3, 0.4) is 0 Å². The number of carbonyl (C=O) groups is 4. The molecule has 0 spiro atoms. The molecule has 8 rings (SSSR count). The number of nitrogens with zero attached hydrogens (tertiary/aromatic N) is 9. The Morgan fingerprint density at radius 1 is 0.699 bits per heavy atom. The van der Waals surface area contributed by atoms with Crippen LogP contribution in [0.1, 0.15) is 24.5 Å². The molecule has 4 N–H and O–H groups in total. The van der Waals surface area contributed by atoms with Crippen LogP contribution in [0, 0.1) is 19.8 Å². The second kappa shape index (κ2) is 28.2. The van der Waals surface area contributed by atoms with Gasteiger partial charge in [0.1, 0.15) is 42.5 Å². The number of nitrogens with one attached hydrogen (secondary N) is 4. The minimum atomic E-state index is -0.564. The number of aryl methyl sites for hydroxylation is 2. The molecule has 19 nitrogen and oxygen atoms in total. The molecule has 0 aliphatic carbocycles. The summed E-state index contributed by atoms with van der Waals surface area (Å²) >= 11 is 7.79. The summed E-state index contributed by atoms with van der Waals surface area (Å²) in [5.41, 5.74) is 2.23. The summed E-state index contributed by atoms with van der Waals surface area (Å²) in [4.78, 5) is 81.0. The van der Waals surface area contributed by atoms with Gasteiger partial charge in [0.15, 0.2) is 10.3 Å². The first-order valence-corrected chi connectivity index (χ1v) is 25.5. The van der Waals surface area contributed by atoms with E-state index >= 15 is 0 Å². The van der Waals surface area contributed by atoms with Crippen LogP contribution in [0.2, 0.25) is 0 Å². The van der Waals surface area contributed by atoms with Crippen molar-refractivity contribution in [3.8, 4) is 32.6 Å². The SMILES string of the molecule is C=CC(=O)Cl.C=CC(=O)N1CCN(C)C[C@H]1C(=O)NCCOc1cc(Nc2ncc(-c3ccccc3)s2)nc(C)n1.Cc1nc(Nc2ncc(-c3ccccc3)s2)cc(OCCNC(=O)[C@H]2CCCN(C)C2)n1. The standard InChI is InChI=1S/C25H29N7O3S.C23H28N6O2S.C3H3ClO/c1-4-23(33)32-12-11-31(3)16-19(32)24(34)26-10-13-35-22-14-21(28-17(2)29-22)30-25-27-15-20(36-25)18-8-6-5-7-9-18;1-16-26-20(28-23-25-14-19(32-23)17-7-4-3-5-8-17)13-21(27-16)31-12-10-24-22(30)18-9-6-11-29(2)15-18;1-2-3(4)5/h4-9,14-15,19H,1,10-13,16H2,2-3H3,(H,26,34)(H,27,28,29,30);3-5,7-8,13-14,18H,6,9-12,15H2,1-2H3,(H,24,30)(H,25,26,27,28);2H,1H2/t19-;18-;/m00./s1. The molecule has 2 saturated heterocycles. The molecule has 0 bridgehead atoms. The fourth-order valence-electron chi connectivity index (χ4n) is 7.54. The molecule has 6 heterocycles. The number of piperidine rings is 1. The number of piperazine rings is 1. The van der Waals surface area contributed by atoms with E-state index in [-0.39, 0.29) is 36.8 Å². The first-order valence-electron chi connectivity index (χ1n) is 23.5. The number of anilines is 4. The minimum Gasteiger partial charge on any atom is -0.476 e. The number of likely N-dealkylation sites (tertiary alicyclic amines) is 1. The molecule has 2 aromatic carbocycles. The Kier molecular flexibility index (Phi) is 21.3. The number of likely N-dealkylation sites (N-methyl/N-ethyl adjacent to an activating group) is 1. The Hall–Kier alpha value is -7.17. The second-order valence-corrected chi connectivity index (χ2v) is 19.2. The largest absolute Gasteiger partial charge is 0.476 e. The highest BCUT2D eigenvalue weighted by Crippen LogP contribution is 2.32. The summed E-state index contributed by atoms with van der Waals surface area (Å²) in [5.74, 6) is 2.87. The van der Waals surface area contributed by atoms with E-state index in [0.717, 1.165) is 58.0 Å². The smallest absolute Gasteiger partial charge is 0.246 e. The van der Waals surface area contributed by atoms with Crippen LogP contribution in [0.25, 0.3) is 20.9 Å². The molecule has 4 aromatic heterocycles. The number of hydrogen-bond acceptors (Lipinski definition) is 18. The molecule has 2 aliphatic rings. The predicted molar refractivity (Wildman–Crippen MR) is 287 cm³/mol. The van der Waals surface area contributed by atoms with Crippen LogP contribution >= 0.6 is 34.3 Å². The van der Waals surface area contributed by atoms with E-state index in [2.05, 4.69) is 88.4 Å². The van der Waals surface area contributed by atoms with E-state index in [1.54, 1.807) is 35.3 Å². The molecule has 0 radical (unpaired) electrons. The highest BCUT2D eigenvalue weighted by atomic mass is 35.5. The molecule has 2 fully saturated rings. The van der Waals surface area contributed by atoms with E-state index in [9.17, 15) is 19.2 Å². The van der Waals surface area contributed by atoms with Crippen molar-refractivity contribution in [2.24, 2.45) is 5.92 Å². The van der Waals surface area contributed by atoms with Crippen LogP contribution in [-0.2, 0) is 19.2 Å². The van der Waals surface area contributed by atoms with Gasteiger partial charge in [0.05, 0.1) is 28.8 Å². The monoisotopic (exact) mass is 1050 g/mol. The van der Waals surface area contributed by atoms with Crippen LogP contribution in [0.4, 0.5) is 21.9 Å². The zero-order valence-electron chi connectivity index (χ0n) is 41.3. The summed E-state index contributed by atoms with van der Waals surface area (Å²) < 4.78 is 11.5. The highest BCUT2D eigenvalue weighted by molar-refractivity contribution is 7.19. The molecule has 3 amide bonds. The van der Waals surface area contributed by atoms with Gasteiger partial charge in [0.2, 0.25) is 34.7 Å². The van der Waals surface area contributed by atoms with Crippen molar-refractivity contribution in [2.75, 3.05) is 83.8 Å². The van der Waals surface area contributed by atoms with E-state index < -0.39 is 11.3 Å². The fraction of sp³-hybridized carbons (Fsp3) is 0.333. The van der Waals surface area contributed by atoms with E-state index in [0.29, 0.717) is 73.0 Å². The van der Waals surface area contributed by atoms with E-state index in [1.165, 1.54) is 17.4 Å². The molecule has 0 unspecified atom stereocenters. The minimum absolute atomic E-state index is 0.0601. The van der Waals surface area contributed by atoms with Crippen molar-refractivity contribution in [2.45, 2.75) is 32.7 Å². The Morgan fingerprint density at radius 3 is 1.67 bits per heavy atom. The third kappa shape index (κ3) is 17.8. The number of halogens is 1. The Labute approximate surface area is 438 Å². The van der Waals surface area contributed by atoms with Gasteiger partial charge in [-0.25, -0.2) is 19.9 Å². The summed E-state index contributed by atoms with van der Waals surface area (Å²) in [6.45, 7) is 15.0. The molecule has 384 valence electrons. The van der Waals surface area contributed by atoms with Crippen molar-refractivity contribution in [1.82, 2.24) is 55.2 Å². The molecular weight excluding hydrogens is 990 g/mol. The average Bonchev–Trinajstić information content (AvgIpc) is 4.07. The highest BCUT2D eigenvalue weighted by Gasteiger charge is 2.33. The fourth-order valence-corrected chi connectivity index (χ4v) is 9.20. The van der Waals surface area contributed by atoms with Crippen LogP contribution in [0.15, 0.2) is 111 Å². The van der Waals surface area contributed by atoms with E-state index in [4.69, 9.17) is 21.1 Å². The Bertz CT molecular complexity index is 2780. The lowest BCUT2D eigenvalue weighted by atomic mass is 9.98. The Morgan fingerprint density at radius 2 is 1.19 bits per heavy atom. The zero-order valence-corrected chi connectivity index (χ0v) is 43.6. The third-order valence-electron chi connectivity index (χ3n) is 11.0. The normalized spacial score (nSPS) is 15.5. The third-order valence-corrected chi connectivity index (χ3v) is 13.1. The number of amides is 3. The van der Waals surface area contributed by atoms with Gasteiger partial charge in [-0.3, -0.25) is 19.2 Å². The molecule has 22 heteroatoms. The van der Waals surface area contributed by atoms with Gasteiger partial charge >= 0.3 is 0 Å². The predicted octanol–water partition coefficient (Wildman–Crippen LogP) is 6.90. The molecule has 73 heavy (non-hydrogen) atoms. The van der Waals surface area contributed by atoms with Gasteiger partial charge in [0, 0.05) is 50.7 Å². The summed E-state index contributed by atoms with van der Waals surface area (Å²) in [6.07, 6.45) is 7.96. The van der Waals surface area contributed by atoms with Gasteiger partial charge in [0.25, 0.3) is 0 Å². The van der Waals surface area contributed by atoms with Gasteiger partial charge in [-0.2, -0.15) is 9.97 Å². The number of rotatable bonds is 18. The number of allylic oxidation sites excluding steroid dienone is 1. The zero-order chi connectivity index (χ0) is 52.1.